The van der Waals surface area contributed by atoms with Crippen molar-refractivity contribution in [1.29, 1.82) is 0 Å². The van der Waals surface area contributed by atoms with Crippen LogP contribution in [0.2, 0.25) is 0 Å². The highest BCUT2D eigenvalue weighted by atomic mass is 127. The summed E-state index contributed by atoms with van der Waals surface area (Å²) in [5.74, 6) is 1.64. The number of para-hydroxylation sites is 1. The van der Waals surface area contributed by atoms with Gasteiger partial charge in [-0.25, -0.2) is 4.68 Å². The number of rotatable bonds is 10. The summed E-state index contributed by atoms with van der Waals surface area (Å²) in [5.41, 5.74) is 2.24. The molecule has 2 N–H and O–H groups in total. The molecular formula is C21H28IN5O2. The van der Waals surface area contributed by atoms with Crippen molar-refractivity contribution in [3.8, 4) is 5.69 Å². The summed E-state index contributed by atoms with van der Waals surface area (Å²) in [6.07, 6.45) is 7.39. The molecule has 2 heterocycles. The Bertz CT molecular complexity index is 834. The van der Waals surface area contributed by atoms with Crippen LogP contribution >= 0.6 is 24.0 Å². The van der Waals surface area contributed by atoms with Crippen molar-refractivity contribution in [3.63, 3.8) is 0 Å². The van der Waals surface area contributed by atoms with Crippen molar-refractivity contribution in [3.05, 3.63) is 72.4 Å². The lowest BCUT2D eigenvalue weighted by Gasteiger charge is -2.11. The lowest BCUT2D eigenvalue weighted by molar-refractivity contribution is 0.105. The molecule has 7 nitrogen and oxygen atoms in total. The molecule has 0 saturated heterocycles. The second kappa shape index (κ2) is 13.0. The third kappa shape index (κ3) is 7.90. The summed E-state index contributed by atoms with van der Waals surface area (Å²) in [7, 11) is 1.77. The van der Waals surface area contributed by atoms with E-state index >= 15 is 0 Å². The molecule has 0 aliphatic carbocycles. The van der Waals surface area contributed by atoms with Crippen LogP contribution in [-0.2, 0) is 17.8 Å². The fraction of sp³-hybridized carbons (Fsp3) is 0.333. The molecular weight excluding hydrogens is 481 g/mol. The van der Waals surface area contributed by atoms with Gasteiger partial charge in [0.2, 0.25) is 0 Å². The minimum atomic E-state index is 0. The molecule has 0 spiro atoms. The first-order valence-corrected chi connectivity index (χ1v) is 9.49. The molecule has 0 bridgehead atoms. The van der Waals surface area contributed by atoms with E-state index in [1.54, 1.807) is 13.3 Å². The van der Waals surface area contributed by atoms with Crippen LogP contribution < -0.4 is 10.6 Å². The summed E-state index contributed by atoms with van der Waals surface area (Å²) in [4.78, 5) is 4.25. The molecule has 0 aliphatic heterocycles. The largest absolute Gasteiger partial charge is 0.467 e. The minimum absolute atomic E-state index is 0. The summed E-state index contributed by atoms with van der Waals surface area (Å²) in [6, 6.07) is 13.9. The van der Waals surface area contributed by atoms with Crippen LogP contribution in [0.15, 0.2) is 70.5 Å². The van der Waals surface area contributed by atoms with Crippen LogP contribution in [0.25, 0.3) is 5.69 Å². The topological polar surface area (TPSA) is 76.6 Å². The molecule has 8 heteroatoms. The lowest BCUT2D eigenvalue weighted by atomic mass is 10.2. The highest BCUT2D eigenvalue weighted by Crippen LogP contribution is 2.07. The minimum Gasteiger partial charge on any atom is -0.467 e. The van der Waals surface area contributed by atoms with E-state index in [1.165, 1.54) is 5.56 Å². The number of benzene rings is 1. The Labute approximate surface area is 188 Å². The number of aromatic nitrogens is 2. The number of hydrogen-bond donors (Lipinski definition) is 2. The highest BCUT2D eigenvalue weighted by molar-refractivity contribution is 14.0. The van der Waals surface area contributed by atoms with Crippen molar-refractivity contribution < 1.29 is 9.15 Å². The van der Waals surface area contributed by atoms with Gasteiger partial charge in [0.1, 0.15) is 12.4 Å². The number of furan rings is 1. The van der Waals surface area contributed by atoms with E-state index in [1.807, 2.05) is 53.3 Å². The van der Waals surface area contributed by atoms with Gasteiger partial charge in [-0.3, -0.25) is 4.99 Å². The van der Waals surface area contributed by atoms with Crippen molar-refractivity contribution in [2.24, 2.45) is 4.99 Å². The second-order valence-corrected chi connectivity index (χ2v) is 6.29. The fourth-order valence-corrected chi connectivity index (χ4v) is 2.71. The molecule has 3 rings (SSSR count). The maximum atomic E-state index is 5.57. The fourth-order valence-electron chi connectivity index (χ4n) is 2.71. The van der Waals surface area contributed by atoms with Crippen LogP contribution in [0.5, 0.6) is 0 Å². The first-order chi connectivity index (χ1) is 13.8. The summed E-state index contributed by atoms with van der Waals surface area (Å²) < 4.78 is 12.7. The van der Waals surface area contributed by atoms with Crippen LogP contribution in [0.4, 0.5) is 0 Å². The van der Waals surface area contributed by atoms with Crippen LogP contribution in [0, 0.1) is 0 Å². The molecule has 0 unspecified atom stereocenters. The van der Waals surface area contributed by atoms with Gasteiger partial charge < -0.3 is 19.8 Å². The van der Waals surface area contributed by atoms with E-state index < -0.39 is 0 Å². The molecule has 0 amide bonds. The monoisotopic (exact) mass is 509 g/mol. The third-order valence-electron chi connectivity index (χ3n) is 4.17. The first-order valence-electron chi connectivity index (χ1n) is 9.49. The SMILES string of the molecule is CN=C(NCCCOCc1ccco1)NCCc1cnn(-c2ccccc2)c1.I. The standard InChI is InChI=1S/C21H27N5O2.HI/c1-22-21(23-11-6-13-27-17-20-9-5-14-28-20)24-12-10-18-15-25-26(16-18)19-7-3-2-4-8-19;/h2-5,7-9,14-16H,6,10-13,17H2,1H3,(H2,22,23,24);1H. The van der Waals surface area contributed by atoms with Gasteiger partial charge in [0.05, 0.1) is 18.1 Å². The zero-order valence-corrected chi connectivity index (χ0v) is 18.9. The Hall–Kier alpha value is -2.33. The molecule has 0 atom stereocenters. The molecule has 156 valence electrons. The predicted molar refractivity (Wildman–Crippen MR) is 125 cm³/mol. The van der Waals surface area contributed by atoms with Gasteiger partial charge in [-0.05, 0) is 42.7 Å². The van der Waals surface area contributed by atoms with Gasteiger partial charge in [-0.1, -0.05) is 18.2 Å². The van der Waals surface area contributed by atoms with Gasteiger partial charge >= 0.3 is 0 Å². The third-order valence-corrected chi connectivity index (χ3v) is 4.17. The summed E-state index contributed by atoms with van der Waals surface area (Å²) in [5, 5.41) is 11.0. The smallest absolute Gasteiger partial charge is 0.190 e. The molecule has 29 heavy (non-hydrogen) atoms. The first kappa shape index (κ1) is 23.0. The van der Waals surface area contributed by atoms with Crippen LogP contribution in [0.1, 0.15) is 17.7 Å². The lowest BCUT2D eigenvalue weighted by Crippen LogP contribution is -2.39. The van der Waals surface area contributed by atoms with E-state index in [9.17, 15) is 0 Å². The van der Waals surface area contributed by atoms with E-state index in [0.717, 1.165) is 43.3 Å². The Morgan fingerprint density at radius 1 is 1.14 bits per heavy atom. The number of ether oxygens (including phenoxy) is 1. The Morgan fingerprint density at radius 2 is 1.97 bits per heavy atom. The molecule has 1 aromatic carbocycles. The van der Waals surface area contributed by atoms with Crippen molar-refractivity contribution in [1.82, 2.24) is 20.4 Å². The number of halogens is 1. The normalized spacial score (nSPS) is 11.1. The average Bonchev–Trinajstić information content (AvgIpc) is 3.42. The molecule has 0 aliphatic rings. The number of aliphatic imine (C=N–C) groups is 1. The Balaban J connectivity index is 0.00000300. The van der Waals surface area contributed by atoms with Gasteiger partial charge in [-0.2, -0.15) is 5.10 Å². The number of guanidine groups is 1. The van der Waals surface area contributed by atoms with Gasteiger partial charge in [0.15, 0.2) is 5.96 Å². The second-order valence-electron chi connectivity index (χ2n) is 6.29. The van der Waals surface area contributed by atoms with Gasteiger partial charge in [0, 0.05) is 32.9 Å². The predicted octanol–water partition coefficient (Wildman–Crippen LogP) is 3.40. The quantitative estimate of drug-likeness (QED) is 0.190. The number of nitrogens with zero attached hydrogens (tertiary/aromatic N) is 3. The Kier molecular flexibility index (Phi) is 10.3. The van der Waals surface area contributed by atoms with Crippen molar-refractivity contribution in [2.45, 2.75) is 19.4 Å². The van der Waals surface area contributed by atoms with Crippen molar-refractivity contribution in [2.75, 3.05) is 26.7 Å². The maximum absolute atomic E-state index is 5.57. The molecule has 0 fully saturated rings. The Morgan fingerprint density at radius 3 is 2.72 bits per heavy atom. The molecule has 3 aromatic rings. The molecule has 0 radical (unpaired) electrons. The molecule has 2 aromatic heterocycles. The van der Waals surface area contributed by atoms with E-state index in [2.05, 4.69) is 26.9 Å². The highest BCUT2D eigenvalue weighted by Gasteiger charge is 2.02. The number of hydrogen-bond acceptors (Lipinski definition) is 4. The van der Waals surface area contributed by atoms with Gasteiger partial charge in [0.25, 0.3) is 0 Å². The van der Waals surface area contributed by atoms with Crippen LogP contribution in [-0.4, -0.2) is 42.5 Å². The average molecular weight is 509 g/mol. The van der Waals surface area contributed by atoms with Gasteiger partial charge in [-0.15, -0.1) is 24.0 Å². The maximum Gasteiger partial charge on any atom is 0.190 e. The van der Waals surface area contributed by atoms with Crippen LogP contribution in [0.3, 0.4) is 0 Å². The van der Waals surface area contributed by atoms with E-state index in [-0.39, 0.29) is 24.0 Å². The molecule has 0 saturated carbocycles. The summed E-state index contributed by atoms with van der Waals surface area (Å²) >= 11 is 0. The summed E-state index contributed by atoms with van der Waals surface area (Å²) in [6.45, 7) is 2.76. The number of nitrogens with one attached hydrogen (secondary N) is 2. The zero-order valence-electron chi connectivity index (χ0n) is 16.6. The van der Waals surface area contributed by atoms with E-state index in [4.69, 9.17) is 9.15 Å². The van der Waals surface area contributed by atoms with Crippen molar-refractivity contribution >= 4 is 29.9 Å². The van der Waals surface area contributed by atoms with E-state index in [0.29, 0.717) is 13.2 Å². The zero-order chi connectivity index (χ0) is 19.4.